The lowest BCUT2D eigenvalue weighted by atomic mass is 10.1. The molecule has 0 radical (unpaired) electrons. The Morgan fingerprint density at radius 3 is 2.57 bits per heavy atom. The summed E-state index contributed by atoms with van der Waals surface area (Å²) in [5.74, 6) is 1.05. The summed E-state index contributed by atoms with van der Waals surface area (Å²) >= 11 is 3.42. The molecule has 0 aliphatic rings. The molecule has 0 bridgehead atoms. The monoisotopic (exact) mass is 250 g/mol. The average Bonchev–Trinajstić information content (AvgIpc) is 2.70. The largest absolute Gasteiger partial charge is 0.349 e. The summed E-state index contributed by atoms with van der Waals surface area (Å²) in [5, 5.41) is 0. The number of hydrogen-bond acceptors (Lipinski definition) is 1. The van der Waals surface area contributed by atoms with Crippen LogP contribution in [0.15, 0.2) is 41.1 Å². The summed E-state index contributed by atoms with van der Waals surface area (Å²) < 4.78 is 1.12. The topological polar surface area (TPSA) is 28.7 Å². The summed E-state index contributed by atoms with van der Waals surface area (Å²) in [4.78, 5) is 7.28. The maximum atomic E-state index is 4.18. The molecule has 0 spiro atoms. The molecular weight excluding hydrogens is 240 g/mol. The van der Waals surface area contributed by atoms with Crippen LogP contribution in [-0.2, 0) is 12.8 Å². The molecule has 2 aromatic rings. The van der Waals surface area contributed by atoms with Crippen LogP contribution < -0.4 is 0 Å². The number of rotatable bonds is 3. The van der Waals surface area contributed by atoms with Crippen LogP contribution in [0.2, 0.25) is 0 Å². The molecule has 14 heavy (non-hydrogen) atoms. The van der Waals surface area contributed by atoms with Crippen LogP contribution in [0, 0.1) is 0 Å². The molecule has 0 unspecified atom stereocenters. The van der Waals surface area contributed by atoms with Crippen LogP contribution in [-0.4, -0.2) is 9.97 Å². The Bertz CT molecular complexity index is 378. The maximum Gasteiger partial charge on any atom is 0.106 e. The van der Waals surface area contributed by atoms with E-state index in [1.54, 1.807) is 6.20 Å². The Kier molecular flexibility index (Phi) is 2.99. The average molecular weight is 251 g/mol. The number of aromatic nitrogens is 2. The molecule has 0 amide bonds. The number of imidazole rings is 1. The molecule has 1 aromatic carbocycles. The Morgan fingerprint density at radius 2 is 1.93 bits per heavy atom. The van der Waals surface area contributed by atoms with Crippen molar-refractivity contribution in [1.29, 1.82) is 0 Å². The predicted molar refractivity (Wildman–Crippen MR) is 60.1 cm³/mol. The number of nitrogens with zero attached hydrogens (tertiary/aromatic N) is 1. The van der Waals surface area contributed by atoms with Gasteiger partial charge in [-0.3, -0.25) is 0 Å². The number of benzene rings is 1. The van der Waals surface area contributed by atoms with Crippen molar-refractivity contribution in [1.82, 2.24) is 9.97 Å². The number of nitrogens with one attached hydrogen (secondary N) is 1. The van der Waals surface area contributed by atoms with Crippen molar-refractivity contribution < 1.29 is 0 Å². The molecular formula is C11H11BrN2. The van der Waals surface area contributed by atoms with Crippen LogP contribution >= 0.6 is 15.9 Å². The van der Waals surface area contributed by atoms with Gasteiger partial charge in [0.15, 0.2) is 0 Å². The van der Waals surface area contributed by atoms with Crippen molar-refractivity contribution in [2.24, 2.45) is 0 Å². The molecule has 1 heterocycles. The molecule has 2 rings (SSSR count). The number of hydrogen-bond donors (Lipinski definition) is 1. The predicted octanol–water partition coefficient (Wildman–Crippen LogP) is 2.96. The third kappa shape index (κ3) is 2.45. The van der Waals surface area contributed by atoms with Gasteiger partial charge in [-0.05, 0) is 24.1 Å². The zero-order chi connectivity index (χ0) is 9.80. The van der Waals surface area contributed by atoms with Gasteiger partial charge in [-0.1, -0.05) is 28.1 Å². The quantitative estimate of drug-likeness (QED) is 0.892. The van der Waals surface area contributed by atoms with Crippen molar-refractivity contribution in [3.63, 3.8) is 0 Å². The molecule has 0 saturated heterocycles. The molecule has 1 aromatic heterocycles. The highest BCUT2D eigenvalue weighted by atomic mass is 79.9. The molecule has 0 atom stereocenters. The van der Waals surface area contributed by atoms with Crippen LogP contribution in [0.1, 0.15) is 11.4 Å². The normalized spacial score (nSPS) is 10.4. The van der Waals surface area contributed by atoms with E-state index in [0.29, 0.717) is 0 Å². The van der Waals surface area contributed by atoms with E-state index >= 15 is 0 Å². The van der Waals surface area contributed by atoms with E-state index in [-0.39, 0.29) is 0 Å². The van der Waals surface area contributed by atoms with Crippen molar-refractivity contribution in [3.8, 4) is 0 Å². The van der Waals surface area contributed by atoms with E-state index < -0.39 is 0 Å². The lowest BCUT2D eigenvalue weighted by molar-refractivity contribution is 0.884. The third-order valence-corrected chi connectivity index (χ3v) is 2.65. The van der Waals surface area contributed by atoms with E-state index in [1.165, 1.54) is 5.56 Å². The van der Waals surface area contributed by atoms with Crippen LogP contribution in [0.5, 0.6) is 0 Å². The van der Waals surface area contributed by atoms with Gasteiger partial charge in [0.2, 0.25) is 0 Å². The van der Waals surface area contributed by atoms with E-state index in [4.69, 9.17) is 0 Å². The summed E-state index contributed by atoms with van der Waals surface area (Å²) in [5.41, 5.74) is 1.34. The molecule has 72 valence electrons. The van der Waals surface area contributed by atoms with E-state index in [1.807, 2.05) is 6.20 Å². The van der Waals surface area contributed by atoms with E-state index in [0.717, 1.165) is 23.1 Å². The number of aryl methyl sites for hydroxylation is 2. The Labute approximate surface area is 91.5 Å². The van der Waals surface area contributed by atoms with Crippen molar-refractivity contribution in [3.05, 3.63) is 52.5 Å². The molecule has 3 heteroatoms. The molecule has 2 nitrogen and oxygen atoms in total. The Hall–Kier alpha value is -1.09. The highest BCUT2D eigenvalue weighted by Crippen LogP contribution is 2.11. The van der Waals surface area contributed by atoms with Gasteiger partial charge in [-0.2, -0.15) is 0 Å². The van der Waals surface area contributed by atoms with Crippen molar-refractivity contribution in [2.45, 2.75) is 12.8 Å². The lowest BCUT2D eigenvalue weighted by Gasteiger charge is -1.99. The molecule has 0 fully saturated rings. The smallest absolute Gasteiger partial charge is 0.106 e. The van der Waals surface area contributed by atoms with Gasteiger partial charge >= 0.3 is 0 Å². The minimum atomic E-state index is 0.967. The SMILES string of the molecule is Brc1ccc(CCc2ncc[nH]2)cc1. The first-order valence-corrected chi connectivity index (χ1v) is 5.36. The molecule has 0 aliphatic carbocycles. The molecule has 0 aliphatic heterocycles. The second kappa shape index (κ2) is 4.42. The zero-order valence-corrected chi connectivity index (χ0v) is 9.29. The van der Waals surface area contributed by atoms with Crippen LogP contribution in [0.25, 0.3) is 0 Å². The summed E-state index contributed by atoms with van der Waals surface area (Å²) in [7, 11) is 0. The Morgan fingerprint density at radius 1 is 1.14 bits per heavy atom. The van der Waals surface area contributed by atoms with E-state index in [2.05, 4.69) is 50.2 Å². The fourth-order valence-electron chi connectivity index (χ4n) is 1.35. The molecule has 1 N–H and O–H groups in total. The third-order valence-electron chi connectivity index (χ3n) is 2.12. The lowest BCUT2D eigenvalue weighted by Crippen LogP contribution is -1.92. The van der Waals surface area contributed by atoms with Gasteiger partial charge in [0, 0.05) is 23.3 Å². The first-order valence-electron chi connectivity index (χ1n) is 4.57. The van der Waals surface area contributed by atoms with Crippen molar-refractivity contribution >= 4 is 15.9 Å². The summed E-state index contributed by atoms with van der Waals surface area (Å²) in [6.45, 7) is 0. The minimum Gasteiger partial charge on any atom is -0.349 e. The fourth-order valence-corrected chi connectivity index (χ4v) is 1.61. The van der Waals surface area contributed by atoms with Gasteiger partial charge in [0.25, 0.3) is 0 Å². The first-order chi connectivity index (χ1) is 6.84. The standard InChI is InChI=1S/C11H11BrN2/c12-10-4-1-9(2-5-10)3-6-11-13-7-8-14-11/h1-2,4-5,7-8H,3,6H2,(H,13,14). The van der Waals surface area contributed by atoms with Gasteiger partial charge in [-0.25, -0.2) is 4.98 Å². The summed E-state index contributed by atoms with van der Waals surface area (Å²) in [6, 6.07) is 8.40. The fraction of sp³-hybridized carbons (Fsp3) is 0.182. The van der Waals surface area contributed by atoms with E-state index in [9.17, 15) is 0 Å². The van der Waals surface area contributed by atoms with Gasteiger partial charge in [-0.15, -0.1) is 0 Å². The number of halogens is 1. The Balaban J connectivity index is 1.95. The minimum absolute atomic E-state index is 0.967. The first kappa shape index (κ1) is 9.46. The summed E-state index contributed by atoms with van der Waals surface area (Å²) in [6.07, 6.45) is 5.64. The maximum absolute atomic E-state index is 4.18. The second-order valence-corrected chi connectivity index (χ2v) is 4.08. The van der Waals surface area contributed by atoms with Gasteiger partial charge < -0.3 is 4.98 Å². The molecule has 0 saturated carbocycles. The highest BCUT2D eigenvalue weighted by Gasteiger charge is 1.96. The van der Waals surface area contributed by atoms with Crippen LogP contribution in [0.4, 0.5) is 0 Å². The van der Waals surface area contributed by atoms with Crippen molar-refractivity contribution in [2.75, 3.05) is 0 Å². The van der Waals surface area contributed by atoms with Gasteiger partial charge in [0.1, 0.15) is 5.82 Å². The number of H-pyrrole nitrogens is 1. The van der Waals surface area contributed by atoms with Gasteiger partial charge in [0.05, 0.1) is 0 Å². The highest BCUT2D eigenvalue weighted by molar-refractivity contribution is 9.10. The zero-order valence-electron chi connectivity index (χ0n) is 7.70. The second-order valence-electron chi connectivity index (χ2n) is 3.16. The number of aromatic amines is 1. The van der Waals surface area contributed by atoms with Crippen LogP contribution in [0.3, 0.4) is 0 Å².